The molecule has 2 amide bonds. The van der Waals surface area contributed by atoms with E-state index in [1.165, 1.54) is 0 Å². The van der Waals surface area contributed by atoms with Crippen molar-refractivity contribution in [2.24, 2.45) is 5.41 Å². The van der Waals surface area contributed by atoms with Gasteiger partial charge in [-0.3, -0.25) is 5.32 Å². The summed E-state index contributed by atoms with van der Waals surface area (Å²) in [6.07, 6.45) is 3.34. The Morgan fingerprint density at radius 1 is 1.44 bits per heavy atom. The zero-order valence-electron chi connectivity index (χ0n) is 11.0. The Labute approximate surface area is 116 Å². The predicted molar refractivity (Wildman–Crippen MR) is 77.3 cm³/mol. The van der Waals surface area contributed by atoms with Gasteiger partial charge in [-0.1, -0.05) is 42.3 Å². The van der Waals surface area contributed by atoms with Crippen LogP contribution in [-0.2, 0) is 0 Å². The average molecular weight is 312 g/mol. The minimum Gasteiger partial charge on any atom is -0.314 e. The van der Waals surface area contributed by atoms with Gasteiger partial charge < -0.3 is 5.32 Å². The van der Waals surface area contributed by atoms with Crippen molar-refractivity contribution in [3.8, 4) is 0 Å². The second-order valence-corrected chi connectivity index (χ2v) is 5.95. The van der Waals surface area contributed by atoms with Gasteiger partial charge in [0.05, 0.1) is 0 Å². The first kappa shape index (κ1) is 14.7. The number of pyridine rings is 1. The van der Waals surface area contributed by atoms with Gasteiger partial charge in [-0.2, -0.15) is 0 Å². The SMILES string of the molecule is C/C(=C\NC(=O)Nc1cc(Br)ccn1)C(C)(C)C. The quantitative estimate of drug-likeness (QED) is 0.870. The molecule has 0 saturated heterocycles. The lowest BCUT2D eigenvalue weighted by atomic mass is 9.88. The number of urea groups is 1. The molecule has 0 radical (unpaired) electrons. The standard InChI is InChI=1S/C13H18BrN3O/c1-9(13(2,3)4)8-16-12(18)17-11-7-10(14)5-6-15-11/h5-8H,1-4H3,(H2,15,16,17,18)/b9-8+. The first-order valence-electron chi connectivity index (χ1n) is 5.65. The van der Waals surface area contributed by atoms with Crippen LogP contribution in [0.1, 0.15) is 27.7 Å². The first-order chi connectivity index (χ1) is 8.29. The number of nitrogens with zero attached hydrogens (tertiary/aromatic N) is 1. The van der Waals surface area contributed by atoms with Crippen molar-refractivity contribution in [1.82, 2.24) is 10.3 Å². The lowest BCUT2D eigenvalue weighted by Gasteiger charge is -2.19. The monoisotopic (exact) mass is 311 g/mol. The highest BCUT2D eigenvalue weighted by Crippen LogP contribution is 2.23. The molecule has 0 saturated carbocycles. The van der Waals surface area contributed by atoms with E-state index in [0.717, 1.165) is 10.0 Å². The Hall–Kier alpha value is -1.36. The van der Waals surface area contributed by atoms with Crippen LogP contribution in [0.2, 0.25) is 0 Å². The molecule has 0 bridgehead atoms. The number of halogens is 1. The van der Waals surface area contributed by atoms with E-state index in [9.17, 15) is 4.79 Å². The Bertz CT molecular complexity index is 464. The Balaban J connectivity index is 2.58. The summed E-state index contributed by atoms with van der Waals surface area (Å²) >= 11 is 3.32. The zero-order valence-corrected chi connectivity index (χ0v) is 12.6. The number of anilines is 1. The molecule has 0 fully saturated rings. The van der Waals surface area contributed by atoms with Crippen LogP contribution in [0.15, 0.2) is 34.6 Å². The smallest absolute Gasteiger partial charge is 0.314 e. The van der Waals surface area contributed by atoms with Gasteiger partial charge in [0.1, 0.15) is 5.82 Å². The number of amides is 2. The molecule has 0 atom stereocenters. The molecule has 0 spiro atoms. The summed E-state index contributed by atoms with van der Waals surface area (Å²) in [7, 11) is 0. The van der Waals surface area contributed by atoms with E-state index in [1.54, 1.807) is 24.5 Å². The Morgan fingerprint density at radius 3 is 2.67 bits per heavy atom. The fourth-order valence-electron chi connectivity index (χ4n) is 1.02. The molecule has 0 aliphatic rings. The predicted octanol–water partition coefficient (Wildman–Crippen LogP) is 3.92. The van der Waals surface area contributed by atoms with Gasteiger partial charge in [-0.25, -0.2) is 9.78 Å². The number of carbonyl (C=O) groups is 1. The highest BCUT2D eigenvalue weighted by atomic mass is 79.9. The normalized spacial score (nSPS) is 12.2. The first-order valence-corrected chi connectivity index (χ1v) is 6.44. The molecular weight excluding hydrogens is 294 g/mol. The Kier molecular flexibility index (Phi) is 4.90. The van der Waals surface area contributed by atoms with Gasteiger partial charge in [0.15, 0.2) is 0 Å². The molecule has 0 unspecified atom stereocenters. The molecule has 1 rings (SSSR count). The summed E-state index contributed by atoms with van der Waals surface area (Å²) in [5, 5.41) is 5.34. The third-order valence-electron chi connectivity index (χ3n) is 2.57. The molecule has 2 N–H and O–H groups in total. The summed E-state index contributed by atoms with van der Waals surface area (Å²) in [6.45, 7) is 8.26. The van der Waals surface area contributed by atoms with Crippen molar-refractivity contribution in [3.63, 3.8) is 0 Å². The lowest BCUT2D eigenvalue weighted by molar-refractivity contribution is 0.255. The van der Waals surface area contributed by atoms with E-state index in [4.69, 9.17) is 0 Å². The minimum atomic E-state index is -0.302. The van der Waals surface area contributed by atoms with Crippen LogP contribution >= 0.6 is 15.9 Å². The van der Waals surface area contributed by atoms with Crippen LogP contribution in [0.5, 0.6) is 0 Å². The molecule has 4 nitrogen and oxygen atoms in total. The van der Waals surface area contributed by atoms with Gasteiger partial charge in [-0.05, 0) is 24.5 Å². The number of carbonyl (C=O) groups excluding carboxylic acids is 1. The fraction of sp³-hybridized carbons (Fsp3) is 0.385. The average Bonchev–Trinajstić information content (AvgIpc) is 2.24. The van der Waals surface area contributed by atoms with Crippen LogP contribution in [-0.4, -0.2) is 11.0 Å². The van der Waals surface area contributed by atoms with E-state index in [1.807, 2.05) is 6.92 Å². The van der Waals surface area contributed by atoms with Crippen molar-refractivity contribution in [2.45, 2.75) is 27.7 Å². The van der Waals surface area contributed by atoms with Crippen LogP contribution in [0.3, 0.4) is 0 Å². The second kappa shape index (κ2) is 6.00. The topological polar surface area (TPSA) is 54.0 Å². The number of hydrogen-bond donors (Lipinski definition) is 2. The van der Waals surface area contributed by atoms with Crippen molar-refractivity contribution < 1.29 is 4.79 Å². The summed E-state index contributed by atoms with van der Waals surface area (Å²) in [5.41, 5.74) is 1.14. The third-order valence-corrected chi connectivity index (χ3v) is 3.06. The van der Waals surface area contributed by atoms with Gasteiger partial charge in [0, 0.05) is 16.9 Å². The van der Waals surface area contributed by atoms with Gasteiger partial charge in [0.2, 0.25) is 0 Å². The van der Waals surface area contributed by atoms with E-state index in [2.05, 4.69) is 52.3 Å². The summed E-state index contributed by atoms with van der Waals surface area (Å²) in [4.78, 5) is 15.7. The van der Waals surface area contributed by atoms with Gasteiger partial charge >= 0.3 is 6.03 Å². The van der Waals surface area contributed by atoms with E-state index in [-0.39, 0.29) is 11.4 Å². The second-order valence-electron chi connectivity index (χ2n) is 5.04. The lowest BCUT2D eigenvalue weighted by Crippen LogP contribution is -2.25. The minimum absolute atomic E-state index is 0.0430. The van der Waals surface area contributed by atoms with Crippen LogP contribution in [0.4, 0.5) is 10.6 Å². The molecule has 1 aromatic heterocycles. The van der Waals surface area contributed by atoms with Gasteiger partial charge in [-0.15, -0.1) is 0 Å². The molecule has 0 aliphatic heterocycles. The molecule has 18 heavy (non-hydrogen) atoms. The van der Waals surface area contributed by atoms with Crippen molar-refractivity contribution in [2.75, 3.05) is 5.32 Å². The van der Waals surface area contributed by atoms with Crippen LogP contribution in [0.25, 0.3) is 0 Å². The zero-order chi connectivity index (χ0) is 13.8. The van der Waals surface area contributed by atoms with Crippen LogP contribution < -0.4 is 10.6 Å². The van der Waals surface area contributed by atoms with Crippen molar-refractivity contribution >= 4 is 27.8 Å². The molecule has 5 heteroatoms. The van der Waals surface area contributed by atoms with E-state index >= 15 is 0 Å². The molecule has 0 aromatic carbocycles. The highest BCUT2D eigenvalue weighted by Gasteiger charge is 2.12. The third kappa shape index (κ3) is 4.87. The van der Waals surface area contributed by atoms with E-state index in [0.29, 0.717) is 5.82 Å². The molecule has 0 aliphatic carbocycles. The van der Waals surface area contributed by atoms with Crippen molar-refractivity contribution in [1.29, 1.82) is 0 Å². The highest BCUT2D eigenvalue weighted by molar-refractivity contribution is 9.10. The number of allylic oxidation sites excluding steroid dienone is 1. The fourth-order valence-corrected chi connectivity index (χ4v) is 1.35. The molecule has 98 valence electrons. The maximum atomic E-state index is 11.6. The largest absolute Gasteiger partial charge is 0.324 e. The van der Waals surface area contributed by atoms with E-state index < -0.39 is 0 Å². The Morgan fingerprint density at radius 2 is 2.11 bits per heavy atom. The number of nitrogens with one attached hydrogen (secondary N) is 2. The summed E-state index contributed by atoms with van der Waals surface area (Å²) < 4.78 is 0.870. The number of hydrogen-bond acceptors (Lipinski definition) is 2. The van der Waals surface area contributed by atoms with Crippen molar-refractivity contribution in [3.05, 3.63) is 34.6 Å². The summed E-state index contributed by atoms with van der Waals surface area (Å²) in [6, 6.07) is 3.23. The maximum absolute atomic E-state index is 11.6. The summed E-state index contributed by atoms with van der Waals surface area (Å²) in [5.74, 6) is 0.503. The molecular formula is C13H18BrN3O. The number of aromatic nitrogens is 1. The molecule has 1 aromatic rings. The van der Waals surface area contributed by atoms with Gasteiger partial charge in [0.25, 0.3) is 0 Å². The maximum Gasteiger partial charge on any atom is 0.324 e. The number of rotatable bonds is 2. The van der Waals surface area contributed by atoms with Crippen LogP contribution in [0, 0.1) is 5.41 Å². The molecule has 1 heterocycles.